The van der Waals surface area contributed by atoms with Gasteiger partial charge in [-0.25, -0.2) is 4.79 Å². The van der Waals surface area contributed by atoms with Crippen LogP contribution in [0.25, 0.3) is 11.4 Å². The van der Waals surface area contributed by atoms with Gasteiger partial charge in [0, 0.05) is 11.1 Å². The number of aliphatic carboxylic acids is 1. The van der Waals surface area contributed by atoms with Crippen molar-refractivity contribution in [2.75, 3.05) is 0 Å². The lowest BCUT2D eigenvalue weighted by Crippen LogP contribution is -2.40. The number of hydrogen-bond donors (Lipinski definition) is 2. The molecule has 0 aliphatic carbocycles. The number of carbonyl (C=O) groups is 2. The predicted octanol–water partition coefficient (Wildman–Crippen LogP) is 2.74. The van der Waals surface area contributed by atoms with Gasteiger partial charge in [-0.1, -0.05) is 30.6 Å². The average Bonchev–Trinajstić information content (AvgIpc) is 3.04. The average molecular weight is 357 g/mol. The first kappa shape index (κ1) is 18.4. The molecule has 10 heteroatoms. The largest absolute Gasteiger partial charge is 0.480 e. The number of halogens is 3. The van der Waals surface area contributed by atoms with Crippen LogP contribution in [-0.4, -0.2) is 33.2 Å². The molecule has 0 saturated heterocycles. The third-order valence-electron chi connectivity index (χ3n) is 3.25. The quantitative estimate of drug-likeness (QED) is 0.824. The zero-order valence-corrected chi connectivity index (χ0v) is 13.0. The smallest absolute Gasteiger partial charge is 0.471 e. The zero-order chi connectivity index (χ0) is 18.6. The van der Waals surface area contributed by atoms with Gasteiger partial charge in [-0.2, -0.15) is 18.2 Å². The van der Waals surface area contributed by atoms with Gasteiger partial charge >= 0.3 is 18.0 Å². The topological polar surface area (TPSA) is 105 Å². The molecule has 1 aromatic carbocycles. The first-order chi connectivity index (χ1) is 11.7. The van der Waals surface area contributed by atoms with E-state index in [9.17, 15) is 22.8 Å². The van der Waals surface area contributed by atoms with E-state index in [4.69, 9.17) is 5.11 Å². The van der Waals surface area contributed by atoms with E-state index in [0.29, 0.717) is 6.42 Å². The number of rotatable bonds is 6. The Hall–Kier alpha value is -2.91. The van der Waals surface area contributed by atoms with E-state index in [2.05, 4.69) is 20.0 Å². The molecule has 7 nitrogen and oxygen atoms in total. The minimum absolute atomic E-state index is 0.158. The SMILES string of the molecule is CCCC(NC(=O)c1ccc(-c2noc(C(F)(F)F)n2)cc1)C(=O)O. The first-order valence-electron chi connectivity index (χ1n) is 7.27. The molecule has 134 valence electrons. The maximum Gasteiger partial charge on any atom is 0.471 e. The van der Waals surface area contributed by atoms with Gasteiger partial charge in [0.2, 0.25) is 5.82 Å². The Kier molecular flexibility index (Phi) is 5.40. The van der Waals surface area contributed by atoms with Crippen molar-refractivity contribution in [3.63, 3.8) is 0 Å². The minimum atomic E-state index is -4.74. The van der Waals surface area contributed by atoms with Crippen molar-refractivity contribution in [3.8, 4) is 11.4 Å². The van der Waals surface area contributed by atoms with Gasteiger partial charge in [0.15, 0.2) is 0 Å². The van der Waals surface area contributed by atoms with Crippen molar-refractivity contribution in [1.82, 2.24) is 15.5 Å². The first-order valence-corrected chi connectivity index (χ1v) is 7.27. The molecular formula is C15H14F3N3O4. The maximum atomic E-state index is 12.4. The molecule has 1 heterocycles. The third-order valence-corrected chi connectivity index (χ3v) is 3.25. The molecule has 2 N–H and O–H groups in total. The maximum absolute atomic E-state index is 12.4. The molecule has 0 aliphatic heterocycles. The Bertz CT molecular complexity index is 756. The standard InChI is InChI=1S/C15H14F3N3O4/c1-2-3-10(13(23)24)19-12(22)9-6-4-8(5-7-9)11-20-14(25-21-11)15(16,17)18/h4-7,10H,2-3H2,1H3,(H,19,22)(H,23,24). The highest BCUT2D eigenvalue weighted by Gasteiger charge is 2.38. The number of aromatic nitrogens is 2. The number of benzene rings is 1. The van der Waals surface area contributed by atoms with E-state index < -0.39 is 30.0 Å². The van der Waals surface area contributed by atoms with Crippen LogP contribution >= 0.6 is 0 Å². The molecule has 1 unspecified atom stereocenters. The number of amides is 1. The van der Waals surface area contributed by atoms with Crippen LogP contribution < -0.4 is 5.32 Å². The number of nitrogens with zero attached hydrogens (tertiary/aromatic N) is 2. The molecule has 1 aromatic heterocycles. The Morgan fingerprint density at radius 2 is 1.92 bits per heavy atom. The van der Waals surface area contributed by atoms with Gasteiger partial charge in [0.1, 0.15) is 6.04 Å². The van der Waals surface area contributed by atoms with Gasteiger partial charge in [0.05, 0.1) is 0 Å². The lowest BCUT2D eigenvalue weighted by atomic mass is 10.1. The van der Waals surface area contributed by atoms with Crippen LogP contribution in [-0.2, 0) is 11.0 Å². The van der Waals surface area contributed by atoms with Gasteiger partial charge in [0.25, 0.3) is 5.91 Å². The number of carboxylic acids is 1. The van der Waals surface area contributed by atoms with E-state index in [0.717, 1.165) is 0 Å². The number of carboxylic acid groups (broad SMARTS) is 1. The van der Waals surface area contributed by atoms with E-state index >= 15 is 0 Å². The molecule has 0 radical (unpaired) electrons. The minimum Gasteiger partial charge on any atom is -0.480 e. The lowest BCUT2D eigenvalue weighted by molar-refractivity contribution is -0.159. The molecule has 0 spiro atoms. The normalized spacial score (nSPS) is 12.6. The Morgan fingerprint density at radius 3 is 2.40 bits per heavy atom. The number of hydrogen-bond acceptors (Lipinski definition) is 5. The highest BCUT2D eigenvalue weighted by atomic mass is 19.4. The van der Waals surface area contributed by atoms with Crippen LogP contribution in [0, 0.1) is 0 Å². The van der Waals surface area contributed by atoms with Gasteiger partial charge in [-0.05, 0) is 18.6 Å². The van der Waals surface area contributed by atoms with Crippen LogP contribution in [0.3, 0.4) is 0 Å². The summed E-state index contributed by atoms with van der Waals surface area (Å²) in [6, 6.07) is 4.34. The van der Waals surface area contributed by atoms with Gasteiger partial charge < -0.3 is 14.9 Å². The molecular weight excluding hydrogens is 343 g/mol. The van der Waals surface area contributed by atoms with Crippen LogP contribution in [0.2, 0.25) is 0 Å². The summed E-state index contributed by atoms with van der Waals surface area (Å²) in [7, 11) is 0. The molecule has 1 amide bonds. The van der Waals surface area contributed by atoms with Crippen LogP contribution in [0.4, 0.5) is 13.2 Å². The van der Waals surface area contributed by atoms with Crippen LogP contribution in [0.1, 0.15) is 36.0 Å². The van der Waals surface area contributed by atoms with Gasteiger partial charge in [-0.3, -0.25) is 4.79 Å². The fraction of sp³-hybridized carbons (Fsp3) is 0.333. The predicted molar refractivity (Wildman–Crippen MR) is 78.5 cm³/mol. The molecule has 0 saturated carbocycles. The second-order valence-electron chi connectivity index (χ2n) is 5.15. The second kappa shape index (κ2) is 7.32. The number of nitrogens with one attached hydrogen (secondary N) is 1. The van der Waals surface area contributed by atoms with E-state index in [1.165, 1.54) is 24.3 Å². The van der Waals surface area contributed by atoms with Crippen LogP contribution in [0.5, 0.6) is 0 Å². The summed E-state index contributed by atoms with van der Waals surface area (Å²) in [4.78, 5) is 26.3. The molecule has 0 aliphatic rings. The monoisotopic (exact) mass is 357 g/mol. The van der Waals surface area contributed by atoms with Crippen molar-refractivity contribution in [2.45, 2.75) is 32.0 Å². The molecule has 2 rings (SSSR count). The summed E-state index contributed by atoms with van der Waals surface area (Å²) in [5.74, 6) is -3.48. The third kappa shape index (κ3) is 4.55. The lowest BCUT2D eigenvalue weighted by Gasteiger charge is -2.13. The molecule has 25 heavy (non-hydrogen) atoms. The number of alkyl halides is 3. The van der Waals surface area contributed by atoms with Crippen molar-refractivity contribution in [2.24, 2.45) is 0 Å². The van der Waals surface area contributed by atoms with Gasteiger partial charge in [-0.15, -0.1) is 0 Å². The summed E-state index contributed by atoms with van der Waals surface area (Å²) in [6.45, 7) is 1.79. The van der Waals surface area contributed by atoms with Crippen molar-refractivity contribution >= 4 is 11.9 Å². The van der Waals surface area contributed by atoms with E-state index in [1.807, 2.05) is 0 Å². The Balaban J connectivity index is 2.12. The highest BCUT2D eigenvalue weighted by molar-refractivity contribution is 5.96. The highest BCUT2D eigenvalue weighted by Crippen LogP contribution is 2.29. The molecule has 0 bridgehead atoms. The van der Waals surface area contributed by atoms with Crippen molar-refractivity contribution in [1.29, 1.82) is 0 Å². The molecule has 0 fully saturated rings. The summed E-state index contributed by atoms with van der Waals surface area (Å²) in [6.07, 6.45) is -3.88. The fourth-order valence-corrected chi connectivity index (χ4v) is 2.01. The van der Waals surface area contributed by atoms with Crippen LogP contribution in [0.15, 0.2) is 28.8 Å². The Labute approximate surface area is 139 Å². The molecule has 1 atom stereocenters. The van der Waals surface area contributed by atoms with Crippen molar-refractivity contribution < 1.29 is 32.4 Å². The molecule has 2 aromatic rings. The Morgan fingerprint density at radius 1 is 1.28 bits per heavy atom. The van der Waals surface area contributed by atoms with Crippen molar-refractivity contribution in [3.05, 3.63) is 35.7 Å². The zero-order valence-electron chi connectivity index (χ0n) is 13.0. The summed E-state index contributed by atoms with van der Waals surface area (Å²) in [5, 5.41) is 14.6. The fourth-order valence-electron chi connectivity index (χ4n) is 2.01. The summed E-state index contributed by atoms with van der Waals surface area (Å²) in [5.41, 5.74) is 0.379. The van der Waals surface area contributed by atoms with E-state index in [1.54, 1.807) is 6.92 Å². The second-order valence-corrected chi connectivity index (χ2v) is 5.15. The van der Waals surface area contributed by atoms with E-state index in [-0.39, 0.29) is 23.4 Å². The number of carbonyl (C=O) groups excluding carboxylic acids is 1. The summed E-state index contributed by atoms with van der Waals surface area (Å²) < 4.78 is 41.5. The summed E-state index contributed by atoms with van der Waals surface area (Å²) >= 11 is 0.